The van der Waals surface area contributed by atoms with Crippen LogP contribution in [-0.2, 0) is 6.18 Å². The van der Waals surface area contributed by atoms with E-state index in [1.54, 1.807) is 6.07 Å². The van der Waals surface area contributed by atoms with Crippen molar-refractivity contribution < 1.29 is 13.2 Å². The van der Waals surface area contributed by atoms with E-state index >= 15 is 0 Å². The molecule has 0 bridgehead atoms. The normalized spacial score (nSPS) is 10.6. The van der Waals surface area contributed by atoms with E-state index in [4.69, 9.17) is 10.9 Å². The van der Waals surface area contributed by atoms with E-state index in [9.17, 15) is 13.2 Å². The van der Waals surface area contributed by atoms with Gasteiger partial charge in [0.15, 0.2) is 0 Å². The summed E-state index contributed by atoms with van der Waals surface area (Å²) in [5.74, 6) is 0. The fourth-order valence-electron chi connectivity index (χ4n) is 0.924. The molecule has 0 fully saturated rings. The first-order valence-electron chi connectivity index (χ1n) is 3.47. The molecule has 0 radical (unpaired) electrons. The number of alkyl halides is 3. The lowest BCUT2D eigenvalue weighted by Gasteiger charge is -2.08. The van der Waals surface area contributed by atoms with Crippen molar-refractivity contribution in [1.82, 2.24) is 0 Å². The lowest BCUT2D eigenvalue weighted by atomic mass is 10.1. The van der Waals surface area contributed by atoms with E-state index in [1.165, 1.54) is 12.1 Å². The average molecular weight is 215 g/mol. The molecule has 1 nitrogen and oxygen atoms in total. The smallest absolute Gasteiger partial charge is 0.192 e. The van der Waals surface area contributed by atoms with Gasteiger partial charge in [-0.05, 0) is 18.2 Å². The van der Waals surface area contributed by atoms with Crippen molar-refractivity contribution in [2.75, 3.05) is 0 Å². The predicted molar refractivity (Wildman–Crippen MR) is 47.0 cm³/mol. The monoisotopic (exact) mass is 215 g/mol. The lowest BCUT2D eigenvalue weighted by Crippen LogP contribution is -2.06. The standard InChI is InChI=1S/C9H4F3NS/c1-14-8-3-2-6(5-13)4-7(8)9(10,11)12/h1-4H. The summed E-state index contributed by atoms with van der Waals surface area (Å²) < 4.78 is 37.1. The third kappa shape index (κ3) is 2.05. The lowest BCUT2D eigenvalue weighted by molar-refractivity contribution is -0.139. The zero-order valence-electron chi connectivity index (χ0n) is 6.80. The van der Waals surface area contributed by atoms with Crippen molar-refractivity contribution in [3.63, 3.8) is 0 Å². The molecular weight excluding hydrogens is 211 g/mol. The summed E-state index contributed by atoms with van der Waals surface area (Å²) in [5.41, 5.74) is 4.17. The van der Waals surface area contributed by atoms with Crippen LogP contribution in [0.5, 0.6) is 0 Å². The van der Waals surface area contributed by atoms with E-state index < -0.39 is 11.7 Å². The van der Waals surface area contributed by atoms with Gasteiger partial charge in [-0.15, -0.1) is 16.9 Å². The van der Waals surface area contributed by atoms with E-state index in [2.05, 4.69) is 0 Å². The fourth-order valence-corrected chi connectivity index (χ4v) is 1.37. The highest BCUT2D eigenvalue weighted by Crippen LogP contribution is 2.34. The van der Waals surface area contributed by atoms with Gasteiger partial charge in [0.25, 0.3) is 0 Å². The second-order valence-electron chi connectivity index (χ2n) is 2.44. The Labute approximate surface area is 82.4 Å². The second-order valence-corrected chi connectivity index (χ2v) is 3.11. The molecule has 72 valence electrons. The summed E-state index contributed by atoms with van der Waals surface area (Å²) in [6, 6.07) is 4.91. The summed E-state index contributed by atoms with van der Waals surface area (Å²) >= 11 is 0.512. The maximum atomic E-state index is 12.4. The van der Waals surface area contributed by atoms with Gasteiger partial charge in [-0.1, -0.05) is 0 Å². The Bertz CT molecular complexity index is 437. The maximum Gasteiger partial charge on any atom is 0.417 e. The number of benzene rings is 1. The molecule has 0 saturated carbocycles. The first-order chi connectivity index (χ1) is 6.49. The topological polar surface area (TPSA) is 23.8 Å². The van der Waals surface area contributed by atoms with Crippen molar-refractivity contribution in [2.45, 2.75) is 11.1 Å². The van der Waals surface area contributed by atoms with Crippen LogP contribution in [-0.4, -0.2) is 0 Å². The largest absolute Gasteiger partial charge is 0.417 e. The van der Waals surface area contributed by atoms with Gasteiger partial charge in [0.1, 0.15) is 0 Å². The molecule has 5 heteroatoms. The maximum absolute atomic E-state index is 12.4. The summed E-state index contributed by atoms with van der Waals surface area (Å²) in [6.45, 7) is 0. The molecule has 0 aliphatic heterocycles. The van der Waals surface area contributed by atoms with Crippen LogP contribution in [0.1, 0.15) is 11.1 Å². The van der Waals surface area contributed by atoms with Crippen LogP contribution in [0.2, 0.25) is 0 Å². The van der Waals surface area contributed by atoms with Gasteiger partial charge < -0.3 is 0 Å². The molecule has 0 amide bonds. The third-order valence-corrected chi connectivity index (χ3v) is 2.15. The zero-order chi connectivity index (χ0) is 10.8. The molecule has 14 heavy (non-hydrogen) atoms. The Kier molecular flexibility index (Phi) is 2.80. The fraction of sp³-hybridized carbons (Fsp3) is 0.111. The molecule has 0 unspecified atom stereocenters. The molecule has 0 heterocycles. The summed E-state index contributed by atoms with van der Waals surface area (Å²) in [7, 11) is 0. The Morgan fingerprint density at radius 1 is 1.36 bits per heavy atom. The quantitative estimate of drug-likeness (QED) is 0.651. The Morgan fingerprint density at radius 2 is 2.00 bits per heavy atom. The van der Waals surface area contributed by atoms with Crippen molar-refractivity contribution in [3.8, 4) is 11.8 Å². The first kappa shape index (κ1) is 10.6. The number of halogens is 3. The summed E-state index contributed by atoms with van der Waals surface area (Å²) in [6.07, 6.45) is -4.48. The molecule has 1 aromatic carbocycles. The minimum absolute atomic E-state index is 0.0323. The molecule has 0 aromatic heterocycles. The second kappa shape index (κ2) is 3.70. The molecule has 1 aromatic rings. The van der Waals surface area contributed by atoms with Gasteiger partial charge in [-0.25, -0.2) is 0 Å². The van der Waals surface area contributed by atoms with Crippen LogP contribution in [0.15, 0.2) is 23.1 Å². The first-order valence-corrected chi connectivity index (χ1v) is 4.35. The molecule has 1 rings (SSSR count). The zero-order valence-corrected chi connectivity index (χ0v) is 7.62. The highest BCUT2D eigenvalue weighted by Gasteiger charge is 2.33. The highest BCUT2D eigenvalue weighted by molar-refractivity contribution is 7.88. The van der Waals surface area contributed by atoms with Crippen LogP contribution < -0.4 is 0 Å². The Balaban J connectivity index is 3.41. The number of rotatable bonds is 0. The molecule has 0 aliphatic rings. The minimum atomic E-state index is -4.48. The van der Waals surface area contributed by atoms with E-state index in [-0.39, 0.29) is 10.5 Å². The summed E-state index contributed by atoms with van der Waals surface area (Å²) in [4.78, 5) is -0.0866. The van der Waals surface area contributed by atoms with E-state index in [0.717, 1.165) is 6.07 Å². The van der Waals surface area contributed by atoms with Gasteiger partial charge >= 0.3 is 6.18 Å². The SMILES string of the molecule is C#Sc1ccc(C#N)cc1C(F)(F)F. The number of nitriles is 1. The Hall–Kier alpha value is -1.50. The van der Waals surface area contributed by atoms with Crippen molar-refractivity contribution in [2.24, 2.45) is 0 Å². The van der Waals surface area contributed by atoms with Crippen LogP contribution in [0.25, 0.3) is 0 Å². The van der Waals surface area contributed by atoms with E-state index in [1.807, 2.05) is 0 Å². The predicted octanol–water partition coefficient (Wildman–Crippen LogP) is 3.26. The van der Waals surface area contributed by atoms with E-state index in [0.29, 0.717) is 11.2 Å². The molecule has 0 N–H and O–H groups in total. The average Bonchev–Trinajstić information content (AvgIpc) is 2.15. The van der Waals surface area contributed by atoms with Gasteiger partial charge in [0.2, 0.25) is 0 Å². The molecule has 0 atom stereocenters. The van der Waals surface area contributed by atoms with Gasteiger partial charge in [-0.3, -0.25) is 0 Å². The number of hydrogen-bond acceptors (Lipinski definition) is 1. The molecule has 0 aliphatic carbocycles. The number of nitrogens with zero attached hydrogens (tertiary/aromatic N) is 1. The third-order valence-electron chi connectivity index (χ3n) is 1.54. The van der Waals surface area contributed by atoms with Crippen LogP contribution in [0, 0.1) is 17.0 Å². The van der Waals surface area contributed by atoms with Gasteiger partial charge in [-0.2, -0.15) is 18.4 Å². The van der Waals surface area contributed by atoms with Crippen LogP contribution in [0.3, 0.4) is 0 Å². The molecule has 0 spiro atoms. The Morgan fingerprint density at radius 3 is 2.43 bits per heavy atom. The van der Waals surface area contributed by atoms with Crippen LogP contribution >= 0.6 is 11.2 Å². The number of hydrogen-bond donors (Lipinski definition) is 0. The van der Waals surface area contributed by atoms with Crippen LogP contribution in [0.4, 0.5) is 13.2 Å². The van der Waals surface area contributed by atoms with Crippen molar-refractivity contribution >= 4 is 11.2 Å². The molecule has 0 saturated heterocycles. The van der Waals surface area contributed by atoms with Crippen molar-refractivity contribution in [3.05, 3.63) is 29.3 Å². The summed E-state index contributed by atoms with van der Waals surface area (Å²) in [5, 5.41) is 8.44. The highest BCUT2D eigenvalue weighted by atomic mass is 32.1. The minimum Gasteiger partial charge on any atom is -0.192 e. The van der Waals surface area contributed by atoms with Gasteiger partial charge in [0.05, 0.1) is 17.2 Å². The van der Waals surface area contributed by atoms with Gasteiger partial charge in [0, 0.05) is 4.90 Å². The molecular formula is C9H4F3NS. The van der Waals surface area contributed by atoms with Crippen molar-refractivity contribution in [1.29, 1.82) is 5.26 Å².